The lowest BCUT2D eigenvalue weighted by molar-refractivity contribution is 0.0398. The quantitative estimate of drug-likeness (QED) is 0.837. The van der Waals surface area contributed by atoms with Crippen molar-refractivity contribution in [3.63, 3.8) is 0 Å². The molecule has 0 spiro atoms. The highest BCUT2D eigenvalue weighted by molar-refractivity contribution is 6.28. The van der Waals surface area contributed by atoms with Crippen LogP contribution in [0.1, 0.15) is 0 Å². The van der Waals surface area contributed by atoms with Crippen LogP contribution in [0, 0.1) is 0 Å². The van der Waals surface area contributed by atoms with E-state index in [1.54, 1.807) is 4.90 Å². The first-order chi connectivity index (χ1) is 9.15. The highest BCUT2D eigenvalue weighted by Crippen LogP contribution is 2.11. The Labute approximate surface area is 117 Å². The molecule has 0 unspecified atom stereocenters. The standard InChI is InChI=1S/C11H19ClN6O/c1-17(2)11-15-9(12)14-10(16-11)13-3-4-18-5-7-19-8-6-18/h3-8H2,1-2H3,(H,13,14,15,16). The van der Waals surface area contributed by atoms with Crippen LogP contribution in [-0.2, 0) is 4.74 Å². The van der Waals surface area contributed by atoms with Gasteiger partial charge < -0.3 is 15.0 Å². The highest BCUT2D eigenvalue weighted by Gasteiger charge is 2.10. The minimum absolute atomic E-state index is 0.201. The molecule has 106 valence electrons. The third-order valence-electron chi connectivity index (χ3n) is 2.81. The van der Waals surface area contributed by atoms with Gasteiger partial charge in [-0.1, -0.05) is 0 Å². The summed E-state index contributed by atoms with van der Waals surface area (Å²) in [6, 6.07) is 0. The normalized spacial score (nSPS) is 16.4. The number of anilines is 2. The molecule has 7 nitrogen and oxygen atoms in total. The van der Waals surface area contributed by atoms with Gasteiger partial charge >= 0.3 is 0 Å². The molecule has 0 aromatic carbocycles. The van der Waals surface area contributed by atoms with Gasteiger partial charge in [0.2, 0.25) is 17.2 Å². The van der Waals surface area contributed by atoms with E-state index in [1.165, 1.54) is 0 Å². The third-order valence-corrected chi connectivity index (χ3v) is 2.98. The second kappa shape index (κ2) is 6.83. The number of aromatic nitrogens is 3. The number of hydrogen-bond acceptors (Lipinski definition) is 7. The lowest BCUT2D eigenvalue weighted by Crippen LogP contribution is -2.39. The number of hydrogen-bond donors (Lipinski definition) is 1. The maximum Gasteiger partial charge on any atom is 0.230 e. The topological polar surface area (TPSA) is 66.4 Å². The molecule has 0 saturated carbocycles. The summed E-state index contributed by atoms with van der Waals surface area (Å²) in [4.78, 5) is 16.5. The van der Waals surface area contributed by atoms with Gasteiger partial charge in [0, 0.05) is 40.3 Å². The second-order valence-electron chi connectivity index (χ2n) is 4.50. The van der Waals surface area contributed by atoms with Crippen LogP contribution in [0.15, 0.2) is 0 Å². The molecule has 0 atom stereocenters. The number of halogens is 1. The molecule has 0 amide bonds. The summed E-state index contributed by atoms with van der Waals surface area (Å²) in [6.07, 6.45) is 0. The van der Waals surface area contributed by atoms with E-state index in [9.17, 15) is 0 Å². The number of morpholine rings is 1. The molecule has 2 rings (SSSR count). The first-order valence-corrected chi connectivity index (χ1v) is 6.66. The minimum Gasteiger partial charge on any atom is -0.379 e. The van der Waals surface area contributed by atoms with Crippen molar-refractivity contribution >= 4 is 23.5 Å². The predicted octanol–water partition coefficient (Wildman–Crippen LogP) is 0.335. The van der Waals surface area contributed by atoms with Gasteiger partial charge in [0.15, 0.2) is 0 Å². The van der Waals surface area contributed by atoms with Crippen LogP contribution < -0.4 is 10.2 Å². The van der Waals surface area contributed by atoms with E-state index >= 15 is 0 Å². The van der Waals surface area contributed by atoms with Crippen LogP contribution in [0.3, 0.4) is 0 Å². The molecule has 1 aliphatic rings. The number of nitrogens with zero attached hydrogens (tertiary/aromatic N) is 5. The Morgan fingerprint density at radius 3 is 2.68 bits per heavy atom. The van der Waals surface area contributed by atoms with Gasteiger partial charge in [-0.2, -0.15) is 15.0 Å². The van der Waals surface area contributed by atoms with Crippen LogP contribution in [0.25, 0.3) is 0 Å². The molecule has 19 heavy (non-hydrogen) atoms. The Kier molecular flexibility index (Phi) is 5.12. The van der Waals surface area contributed by atoms with Gasteiger partial charge in [0.1, 0.15) is 0 Å². The lowest BCUT2D eigenvalue weighted by atomic mass is 10.4. The first kappa shape index (κ1) is 14.2. The van der Waals surface area contributed by atoms with Gasteiger partial charge in [-0.15, -0.1) is 0 Å². The fourth-order valence-corrected chi connectivity index (χ4v) is 1.92. The predicted molar refractivity (Wildman–Crippen MR) is 74.9 cm³/mol. The van der Waals surface area contributed by atoms with Crippen molar-refractivity contribution in [2.45, 2.75) is 0 Å². The third kappa shape index (κ3) is 4.45. The Bertz CT molecular complexity index is 410. The largest absolute Gasteiger partial charge is 0.379 e. The zero-order chi connectivity index (χ0) is 13.7. The van der Waals surface area contributed by atoms with Crippen molar-refractivity contribution in [2.75, 3.05) is 63.7 Å². The Balaban J connectivity index is 1.84. The lowest BCUT2D eigenvalue weighted by Gasteiger charge is -2.26. The van der Waals surface area contributed by atoms with E-state index in [1.807, 2.05) is 14.1 Å². The monoisotopic (exact) mass is 286 g/mol. The Hall–Kier alpha value is -1.18. The molecule has 1 aliphatic heterocycles. The Morgan fingerprint density at radius 2 is 2.00 bits per heavy atom. The van der Waals surface area contributed by atoms with Gasteiger partial charge in [-0.05, 0) is 11.6 Å². The molecular formula is C11H19ClN6O. The summed E-state index contributed by atoms with van der Waals surface area (Å²) >= 11 is 5.87. The average molecular weight is 287 g/mol. The Morgan fingerprint density at radius 1 is 1.26 bits per heavy atom. The first-order valence-electron chi connectivity index (χ1n) is 6.28. The van der Waals surface area contributed by atoms with Gasteiger partial charge in [-0.3, -0.25) is 4.90 Å². The zero-order valence-corrected chi connectivity index (χ0v) is 12.0. The molecule has 1 N–H and O–H groups in total. The van der Waals surface area contributed by atoms with E-state index in [0.717, 1.165) is 39.4 Å². The fourth-order valence-electron chi connectivity index (χ4n) is 1.77. The molecule has 1 aromatic heterocycles. The maximum absolute atomic E-state index is 5.87. The molecule has 2 heterocycles. The zero-order valence-electron chi connectivity index (χ0n) is 11.3. The van der Waals surface area contributed by atoms with Crippen LogP contribution in [0.5, 0.6) is 0 Å². The highest BCUT2D eigenvalue weighted by atomic mass is 35.5. The summed E-state index contributed by atoms with van der Waals surface area (Å²) < 4.78 is 5.30. The molecule has 0 aliphatic carbocycles. The van der Waals surface area contributed by atoms with Crippen LogP contribution >= 0.6 is 11.6 Å². The molecule has 0 radical (unpaired) electrons. The van der Waals surface area contributed by atoms with Gasteiger partial charge in [-0.25, -0.2) is 0 Å². The van der Waals surface area contributed by atoms with Gasteiger partial charge in [0.25, 0.3) is 0 Å². The fraction of sp³-hybridized carbons (Fsp3) is 0.727. The number of nitrogens with one attached hydrogen (secondary N) is 1. The molecular weight excluding hydrogens is 268 g/mol. The molecule has 1 fully saturated rings. The van der Waals surface area contributed by atoms with Crippen LogP contribution in [-0.4, -0.2) is 73.3 Å². The van der Waals surface area contributed by atoms with Crippen molar-refractivity contribution in [3.8, 4) is 0 Å². The summed E-state index contributed by atoms with van der Waals surface area (Å²) in [5.41, 5.74) is 0. The smallest absolute Gasteiger partial charge is 0.230 e. The molecule has 8 heteroatoms. The average Bonchev–Trinajstić information content (AvgIpc) is 2.39. The minimum atomic E-state index is 0.201. The van der Waals surface area contributed by atoms with E-state index in [0.29, 0.717) is 11.9 Å². The van der Waals surface area contributed by atoms with Crippen molar-refractivity contribution in [3.05, 3.63) is 5.28 Å². The van der Waals surface area contributed by atoms with Crippen molar-refractivity contribution in [1.29, 1.82) is 0 Å². The van der Waals surface area contributed by atoms with E-state index in [-0.39, 0.29) is 5.28 Å². The SMILES string of the molecule is CN(C)c1nc(Cl)nc(NCCN2CCOCC2)n1. The molecule has 1 aromatic rings. The van der Waals surface area contributed by atoms with E-state index in [2.05, 4.69) is 25.2 Å². The summed E-state index contributed by atoms with van der Waals surface area (Å²) in [5.74, 6) is 1.06. The molecule has 0 bridgehead atoms. The van der Waals surface area contributed by atoms with Crippen LogP contribution in [0.2, 0.25) is 5.28 Å². The number of rotatable bonds is 5. The number of ether oxygens (including phenoxy) is 1. The summed E-state index contributed by atoms with van der Waals surface area (Å²) in [6.45, 7) is 5.27. The van der Waals surface area contributed by atoms with Crippen LogP contribution in [0.4, 0.5) is 11.9 Å². The van der Waals surface area contributed by atoms with Gasteiger partial charge in [0.05, 0.1) is 13.2 Å². The molecule has 1 saturated heterocycles. The second-order valence-corrected chi connectivity index (χ2v) is 4.84. The van der Waals surface area contributed by atoms with Crippen molar-refractivity contribution in [1.82, 2.24) is 19.9 Å². The van der Waals surface area contributed by atoms with Crippen molar-refractivity contribution < 1.29 is 4.74 Å². The van der Waals surface area contributed by atoms with Crippen molar-refractivity contribution in [2.24, 2.45) is 0 Å². The maximum atomic E-state index is 5.87. The summed E-state index contributed by atoms with van der Waals surface area (Å²) in [7, 11) is 3.73. The van der Waals surface area contributed by atoms with E-state index < -0.39 is 0 Å². The summed E-state index contributed by atoms with van der Waals surface area (Å²) in [5, 5.41) is 3.37. The van der Waals surface area contributed by atoms with E-state index in [4.69, 9.17) is 16.3 Å².